The fourth-order valence-corrected chi connectivity index (χ4v) is 1.35. The van der Waals surface area contributed by atoms with Gasteiger partial charge in [-0.1, -0.05) is 0 Å². The van der Waals surface area contributed by atoms with Gasteiger partial charge in [0.05, 0.1) is 32.3 Å². The average Bonchev–Trinajstić information content (AvgIpc) is 2.43. The highest BCUT2D eigenvalue weighted by Crippen LogP contribution is 2.16. The van der Waals surface area contributed by atoms with Crippen LogP contribution in [0.3, 0.4) is 0 Å². The normalized spacial score (nSPS) is 34.2. The summed E-state index contributed by atoms with van der Waals surface area (Å²) in [5, 5.41) is 0. The third-order valence-corrected chi connectivity index (χ3v) is 2.32. The van der Waals surface area contributed by atoms with Crippen molar-refractivity contribution in [3.05, 3.63) is 0 Å². The van der Waals surface area contributed by atoms with Crippen LogP contribution in [0.25, 0.3) is 0 Å². The van der Waals surface area contributed by atoms with E-state index >= 15 is 0 Å². The van der Waals surface area contributed by atoms with Crippen molar-refractivity contribution in [2.24, 2.45) is 11.7 Å². The Balaban J connectivity index is 1.81. The highest BCUT2D eigenvalue weighted by molar-refractivity contribution is 5.74. The van der Waals surface area contributed by atoms with Crippen molar-refractivity contribution in [3.8, 4) is 0 Å². The van der Waals surface area contributed by atoms with Crippen molar-refractivity contribution in [2.45, 2.75) is 12.1 Å². The number of carbonyl (C=O) groups is 1. The number of rotatable bonds is 2. The van der Waals surface area contributed by atoms with Crippen molar-refractivity contribution in [3.63, 3.8) is 0 Å². The van der Waals surface area contributed by atoms with Crippen LogP contribution in [-0.4, -0.2) is 44.5 Å². The van der Waals surface area contributed by atoms with Crippen LogP contribution < -0.4 is 5.73 Å². The lowest BCUT2D eigenvalue weighted by molar-refractivity contribution is -0.176. The van der Waals surface area contributed by atoms with E-state index in [1.807, 2.05) is 0 Å². The molecule has 2 aliphatic heterocycles. The van der Waals surface area contributed by atoms with E-state index in [9.17, 15) is 4.79 Å². The lowest BCUT2D eigenvalue weighted by atomic mass is 10.1. The molecule has 2 fully saturated rings. The molecule has 0 aromatic rings. The van der Waals surface area contributed by atoms with Crippen LogP contribution in [0.5, 0.6) is 0 Å². The van der Waals surface area contributed by atoms with Crippen LogP contribution in [0.2, 0.25) is 0 Å². The molecule has 2 rings (SSSR count). The van der Waals surface area contributed by atoms with Crippen molar-refractivity contribution in [2.75, 3.05) is 26.4 Å². The second kappa shape index (κ2) is 3.61. The molecule has 0 spiro atoms. The summed E-state index contributed by atoms with van der Waals surface area (Å²) < 4.78 is 15.1. The Morgan fingerprint density at radius 1 is 1.23 bits per heavy atom. The Bertz CT molecular complexity index is 204. The number of ether oxygens (including phenoxy) is 3. The van der Waals surface area contributed by atoms with E-state index in [4.69, 9.17) is 19.9 Å². The van der Waals surface area contributed by atoms with E-state index in [0.29, 0.717) is 26.4 Å². The van der Waals surface area contributed by atoms with Gasteiger partial charge in [0.25, 0.3) is 0 Å². The molecule has 2 aliphatic rings. The van der Waals surface area contributed by atoms with Gasteiger partial charge >= 0.3 is 5.97 Å². The van der Waals surface area contributed by atoms with Crippen molar-refractivity contribution < 1.29 is 19.0 Å². The van der Waals surface area contributed by atoms with E-state index in [-0.39, 0.29) is 24.0 Å². The zero-order valence-corrected chi connectivity index (χ0v) is 7.27. The van der Waals surface area contributed by atoms with E-state index in [2.05, 4.69) is 0 Å². The minimum atomic E-state index is -0.291. The SMILES string of the molecule is NC1COCC1C(=O)OC1COC1. The lowest BCUT2D eigenvalue weighted by Gasteiger charge is -2.27. The average molecular weight is 187 g/mol. The Hall–Kier alpha value is -0.650. The second-order valence-electron chi connectivity index (χ2n) is 3.40. The molecule has 5 heteroatoms. The molecule has 0 bridgehead atoms. The number of hydrogen-bond acceptors (Lipinski definition) is 5. The molecule has 2 heterocycles. The number of esters is 1. The van der Waals surface area contributed by atoms with Crippen LogP contribution in [0.4, 0.5) is 0 Å². The summed E-state index contributed by atoms with van der Waals surface area (Å²) in [7, 11) is 0. The van der Waals surface area contributed by atoms with E-state index < -0.39 is 0 Å². The fourth-order valence-electron chi connectivity index (χ4n) is 1.35. The van der Waals surface area contributed by atoms with Gasteiger partial charge in [-0.05, 0) is 0 Å². The van der Waals surface area contributed by atoms with E-state index in [1.165, 1.54) is 0 Å². The zero-order valence-electron chi connectivity index (χ0n) is 7.27. The molecule has 0 aromatic carbocycles. The van der Waals surface area contributed by atoms with Gasteiger partial charge in [0.15, 0.2) is 0 Å². The zero-order chi connectivity index (χ0) is 9.26. The molecular weight excluding hydrogens is 174 g/mol. The first-order valence-corrected chi connectivity index (χ1v) is 4.39. The summed E-state index contributed by atoms with van der Waals surface area (Å²) in [4.78, 5) is 11.4. The molecule has 0 amide bonds. The molecule has 5 nitrogen and oxygen atoms in total. The van der Waals surface area contributed by atoms with Gasteiger partial charge < -0.3 is 19.9 Å². The molecule has 2 saturated heterocycles. The summed E-state index contributed by atoms with van der Waals surface area (Å²) in [5.74, 6) is -0.543. The predicted molar refractivity (Wildman–Crippen MR) is 43.0 cm³/mol. The minimum absolute atomic E-state index is 0.0692. The monoisotopic (exact) mass is 187 g/mol. The Morgan fingerprint density at radius 2 is 1.92 bits per heavy atom. The smallest absolute Gasteiger partial charge is 0.313 e. The largest absolute Gasteiger partial charge is 0.457 e. The minimum Gasteiger partial charge on any atom is -0.457 e. The molecule has 13 heavy (non-hydrogen) atoms. The fraction of sp³-hybridized carbons (Fsp3) is 0.875. The maximum Gasteiger partial charge on any atom is 0.313 e. The van der Waals surface area contributed by atoms with Crippen LogP contribution in [0.1, 0.15) is 0 Å². The highest BCUT2D eigenvalue weighted by atomic mass is 16.6. The third kappa shape index (κ3) is 1.82. The van der Waals surface area contributed by atoms with Gasteiger partial charge in [-0.15, -0.1) is 0 Å². The maximum absolute atomic E-state index is 11.4. The summed E-state index contributed by atoms with van der Waals surface area (Å²) in [5.41, 5.74) is 5.66. The summed E-state index contributed by atoms with van der Waals surface area (Å²) in [6, 6.07) is -0.214. The molecule has 0 saturated carbocycles. The van der Waals surface area contributed by atoms with Crippen molar-refractivity contribution >= 4 is 5.97 Å². The molecule has 74 valence electrons. The van der Waals surface area contributed by atoms with Gasteiger partial charge in [0.2, 0.25) is 0 Å². The number of carbonyl (C=O) groups excluding carboxylic acids is 1. The molecule has 2 N–H and O–H groups in total. The molecular formula is C8H13NO4. The second-order valence-corrected chi connectivity index (χ2v) is 3.40. The standard InChI is InChI=1S/C8H13NO4/c9-7-4-12-3-6(7)8(10)13-5-1-11-2-5/h5-7H,1-4,9H2. The lowest BCUT2D eigenvalue weighted by Crippen LogP contribution is -2.42. The summed E-state index contributed by atoms with van der Waals surface area (Å²) in [6.07, 6.45) is -0.0692. The Morgan fingerprint density at radius 3 is 2.38 bits per heavy atom. The van der Waals surface area contributed by atoms with Crippen molar-refractivity contribution in [1.82, 2.24) is 0 Å². The molecule has 0 radical (unpaired) electrons. The predicted octanol–water partition coefficient (Wildman–Crippen LogP) is -1.10. The Labute approximate surface area is 76.1 Å². The quantitative estimate of drug-likeness (QED) is 0.556. The van der Waals surface area contributed by atoms with Gasteiger partial charge in [0.1, 0.15) is 6.10 Å². The maximum atomic E-state index is 11.4. The van der Waals surface area contributed by atoms with Gasteiger partial charge in [-0.25, -0.2) is 0 Å². The van der Waals surface area contributed by atoms with Crippen LogP contribution >= 0.6 is 0 Å². The molecule has 0 aliphatic carbocycles. The first-order chi connectivity index (χ1) is 6.27. The van der Waals surface area contributed by atoms with Crippen molar-refractivity contribution in [1.29, 1.82) is 0 Å². The van der Waals surface area contributed by atoms with Crippen LogP contribution in [0, 0.1) is 5.92 Å². The first kappa shape index (κ1) is 8.93. The summed E-state index contributed by atoms with van der Waals surface area (Å²) in [6.45, 7) is 1.84. The topological polar surface area (TPSA) is 70.8 Å². The van der Waals surface area contributed by atoms with Crippen LogP contribution in [-0.2, 0) is 19.0 Å². The highest BCUT2D eigenvalue weighted by Gasteiger charge is 2.35. The molecule has 2 unspecified atom stereocenters. The van der Waals surface area contributed by atoms with Crippen LogP contribution in [0.15, 0.2) is 0 Å². The first-order valence-electron chi connectivity index (χ1n) is 4.39. The number of hydrogen-bond donors (Lipinski definition) is 1. The van der Waals surface area contributed by atoms with Gasteiger partial charge in [-0.3, -0.25) is 4.79 Å². The third-order valence-electron chi connectivity index (χ3n) is 2.32. The van der Waals surface area contributed by atoms with E-state index in [0.717, 1.165) is 0 Å². The summed E-state index contributed by atoms with van der Waals surface area (Å²) >= 11 is 0. The number of nitrogens with two attached hydrogens (primary N) is 1. The van der Waals surface area contributed by atoms with Gasteiger partial charge in [-0.2, -0.15) is 0 Å². The molecule has 2 atom stereocenters. The van der Waals surface area contributed by atoms with E-state index in [1.54, 1.807) is 0 Å². The Kier molecular flexibility index (Phi) is 2.48. The molecule has 0 aromatic heterocycles. The van der Waals surface area contributed by atoms with Gasteiger partial charge in [0, 0.05) is 6.04 Å².